The molecule has 3 atom stereocenters. The molecule has 21 heavy (non-hydrogen) atoms. The van der Waals surface area contributed by atoms with Gasteiger partial charge in [0, 0.05) is 12.1 Å². The SMILES string of the molecule is CN(C)CC1C(c2cc(O)ccc2F)=CC2CCC1C2.Cl. The van der Waals surface area contributed by atoms with Crippen molar-refractivity contribution in [1.29, 1.82) is 0 Å². The molecule has 0 aromatic heterocycles. The molecule has 1 aromatic carbocycles. The normalized spacial score (nSPS) is 27.4. The molecule has 1 aromatic rings. The van der Waals surface area contributed by atoms with Gasteiger partial charge in [0.25, 0.3) is 0 Å². The molecule has 0 radical (unpaired) electrons. The molecule has 1 N–H and O–H groups in total. The number of fused-ring (bicyclic) bond motifs is 2. The molecule has 2 nitrogen and oxygen atoms in total. The smallest absolute Gasteiger partial charge is 0.130 e. The maximum absolute atomic E-state index is 14.2. The van der Waals surface area contributed by atoms with Crippen molar-refractivity contribution in [1.82, 2.24) is 4.90 Å². The summed E-state index contributed by atoms with van der Waals surface area (Å²) in [6, 6.07) is 4.36. The summed E-state index contributed by atoms with van der Waals surface area (Å²) in [5.41, 5.74) is 1.69. The van der Waals surface area contributed by atoms with Gasteiger partial charge in [0.15, 0.2) is 0 Å². The number of aromatic hydroxyl groups is 1. The van der Waals surface area contributed by atoms with E-state index in [4.69, 9.17) is 0 Å². The zero-order chi connectivity index (χ0) is 14.3. The summed E-state index contributed by atoms with van der Waals surface area (Å²) in [6.45, 7) is 0.943. The Morgan fingerprint density at radius 1 is 1.29 bits per heavy atom. The molecule has 0 saturated heterocycles. The van der Waals surface area contributed by atoms with E-state index >= 15 is 0 Å². The van der Waals surface area contributed by atoms with Crippen LogP contribution in [-0.2, 0) is 0 Å². The molecule has 2 aliphatic rings. The molecule has 3 rings (SSSR count). The highest BCUT2D eigenvalue weighted by molar-refractivity contribution is 5.85. The van der Waals surface area contributed by atoms with Crippen molar-refractivity contribution >= 4 is 18.0 Å². The maximum Gasteiger partial charge on any atom is 0.130 e. The molecular formula is C17H23ClFNO. The van der Waals surface area contributed by atoms with Crippen LogP contribution in [0.5, 0.6) is 5.75 Å². The third kappa shape index (κ3) is 3.24. The van der Waals surface area contributed by atoms with Crippen molar-refractivity contribution < 1.29 is 9.50 Å². The van der Waals surface area contributed by atoms with Crippen LogP contribution in [0.2, 0.25) is 0 Å². The second kappa shape index (κ2) is 6.37. The zero-order valence-electron chi connectivity index (χ0n) is 12.6. The van der Waals surface area contributed by atoms with Gasteiger partial charge >= 0.3 is 0 Å². The monoisotopic (exact) mass is 311 g/mol. The zero-order valence-corrected chi connectivity index (χ0v) is 13.4. The predicted molar refractivity (Wildman–Crippen MR) is 86.2 cm³/mol. The van der Waals surface area contributed by atoms with Gasteiger partial charge in [-0.3, -0.25) is 0 Å². The van der Waals surface area contributed by atoms with Crippen molar-refractivity contribution in [3.8, 4) is 5.75 Å². The van der Waals surface area contributed by atoms with Gasteiger partial charge in [-0.25, -0.2) is 4.39 Å². The van der Waals surface area contributed by atoms with E-state index in [1.807, 2.05) is 0 Å². The molecule has 0 heterocycles. The Balaban J connectivity index is 0.00000161. The third-order valence-electron chi connectivity index (χ3n) is 4.72. The van der Waals surface area contributed by atoms with Crippen molar-refractivity contribution in [3.63, 3.8) is 0 Å². The molecule has 2 bridgehead atoms. The second-order valence-corrected chi connectivity index (χ2v) is 6.49. The number of halogens is 2. The fourth-order valence-corrected chi connectivity index (χ4v) is 3.87. The molecule has 2 aliphatic carbocycles. The number of phenols is 1. The molecule has 0 spiro atoms. The van der Waals surface area contributed by atoms with Gasteiger partial charge in [0.05, 0.1) is 0 Å². The van der Waals surface area contributed by atoms with Gasteiger partial charge in [0.2, 0.25) is 0 Å². The number of hydrogen-bond donors (Lipinski definition) is 1. The molecule has 0 amide bonds. The Hall–Kier alpha value is -1.06. The lowest BCUT2D eigenvalue weighted by Gasteiger charge is -2.32. The minimum absolute atomic E-state index is 0. The van der Waals surface area contributed by atoms with Gasteiger partial charge < -0.3 is 10.0 Å². The van der Waals surface area contributed by atoms with Gasteiger partial charge in [-0.1, -0.05) is 6.08 Å². The van der Waals surface area contributed by atoms with E-state index in [0.717, 1.165) is 12.1 Å². The van der Waals surface area contributed by atoms with Crippen LogP contribution in [0.25, 0.3) is 5.57 Å². The minimum atomic E-state index is -0.223. The summed E-state index contributed by atoms with van der Waals surface area (Å²) in [7, 11) is 4.13. The van der Waals surface area contributed by atoms with Crippen LogP contribution in [0.4, 0.5) is 4.39 Å². The highest BCUT2D eigenvalue weighted by atomic mass is 35.5. The Morgan fingerprint density at radius 3 is 2.76 bits per heavy atom. The predicted octanol–water partition coefficient (Wildman–Crippen LogP) is 3.94. The van der Waals surface area contributed by atoms with E-state index in [1.54, 1.807) is 6.07 Å². The van der Waals surface area contributed by atoms with Crippen LogP contribution in [0.15, 0.2) is 24.3 Å². The summed E-state index contributed by atoms with van der Waals surface area (Å²) in [5, 5.41) is 9.68. The van der Waals surface area contributed by atoms with Crippen molar-refractivity contribution in [3.05, 3.63) is 35.7 Å². The number of phenolic OH excluding ortho intramolecular Hbond substituents is 1. The minimum Gasteiger partial charge on any atom is -0.508 e. The third-order valence-corrected chi connectivity index (χ3v) is 4.72. The summed E-state index contributed by atoms with van der Waals surface area (Å²) in [4.78, 5) is 2.18. The van der Waals surface area contributed by atoms with Crippen LogP contribution >= 0.6 is 12.4 Å². The first-order valence-corrected chi connectivity index (χ1v) is 7.40. The first-order chi connectivity index (χ1) is 9.54. The second-order valence-electron chi connectivity index (χ2n) is 6.49. The molecule has 0 aliphatic heterocycles. The molecule has 116 valence electrons. The maximum atomic E-state index is 14.2. The highest BCUT2D eigenvalue weighted by Gasteiger charge is 2.37. The van der Waals surface area contributed by atoms with Gasteiger partial charge in [-0.05, 0) is 74.9 Å². The summed E-state index contributed by atoms with van der Waals surface area (Å²) >= 11 is 0. The number of allylic oxidation sites excluding steroid dienone is 1. The fraction of sp³-hybridized carbons (Fsp3) is 0.529. The van der Waals surface area contributed by atoms with Gasteiger partial charge in [0.1, 0.15) is 11.6 Å². The first-order valence-electron chi connectivity index (χ1n) is 7.40. The largest absolute Gasteiger partial charge is 0.508 e. The van der Waals surface area contributed by atoms with E-state index in [9.17, 15) is 9.50 Å². The summed E-state index contributed by atoms with van der Waals surface area (Å²) < 4.78 is 14.2. The Bertz CT molecular complexity index is 544. The Labute approximate surface area is 132 Å². The van der Waals surface area contributed by atoms with Gasteiger partial charge in [-0.2, -0.15) is 0 Å². The van der Waals surface area contributed by atoms with Crippen molar-refractivity contribution in [2.45, 2.75) is 19.3 Å². The van der Waals surface area contributed by atoms with E-state index in [0.29, 0.717) is 23.3 Å². The summed E-state index contributed by atoms with van der Waals surface area (Å²) in [6.07, 6.45) is 5.96. The number of benzene rings is 1. The van der Waals surface area contributed by atoms with E-state index in [2.05, 4.69) is 25.1 Å². The fourth-order valence-electron chi connectivity index (χ4n) is 3.87. The van der Waals surface area contributed by atoms with E-state index in [1.165, 1.54) is 31.4 Å². The molecule has 3 unspecified atom stereocenters. The topological polar surface area (TPSA) is 23.5 Å². The average molecular weight is 312 g/mol. The van der Waals surface area contributed by atoms with Gasteiger partial charge in [-0.15, -0.1) is 12.4 Å². The summed E-state index contributed by atoms with van der Waals surface area (Å²) in [5.74, 6) is 1.54. The van der Waals surface area contributed by atoms with E-state index in [-0.39, 0.29) is 24.0 Å². The Kier molecular flexibility index (Phi) is 4.95. The van der Waals surface area contributed by atoms with E-state index < -0.39 is 0 Å². The van der Waals surface area contributed by atoms with Crippen LogP contribution in [-0.4, -0.2) is 30.6 Å². The van der Waals surface area contributed by atoms with Crippen LogP contribution in [0.3, 0.4) is 0 Å². The van der Waals surface area contributed by atoms with Crippen molar-refractivity contribution in [2.75, 3.05) is 20.6 Å². The first kappa shape index (κ1) is 16.3. The Morgan fingerprint density at radius 2 is 2.05 bits per heavy atom. The molecular weight excluding hydrogens is 289 g/mol. The molecule has 4 heteroatoms. The lowest BCUT2D eigenvalue weighted by Crippen LogP contribution is -2.29. The number of nitrogens with zero attached hydrogens (tertiary/aromatic N) is 1. The highest BCUT2D eigenvalue weighted by Crippen LogP contribution is 2.48. The number of rotatable bonds is 3. The van der Waals surface area contributed by atoms with Crippen LogP contribution in [0.1, 0.15) is 24.8 Å². The standard InChI is InChI=1S/C17H22FNO.ClH/c1-19(2)10-16-12-4-3-11(7-12)8-14(16)15-9-13(20)5-6-17(15)18;/h5-6,8-9,11-12,16,20H,3-4,7,10H2,1-2H3;1H. The van der Waals surface area contributed by atoms with Crippen LogP contribution < -0.4 is 0 Å². The van der Waals surface area contributed by atoms with Crippen LogP contribution in [0, 0.1) is 23.6 Å². The van der Waals surface area contributed by atoms with Crippen molar-refractivity contribution in [2.24, 2.45) is 17.8 Å². The molecule has 1 fully saturated rings. The lowest BCUT2D eigenvalue weighted by atomic mass is 9.76. The molecule has 1 saturated carbocycles. The quantitative estimate of drug-likeness (QED) is 0.914. The lowest BCUT2D eigenvalue weighted by molar-refractivity contribution is 0.289. The average Bonchev–Trinajstić information content (AvgIpc) is 2.79. The number of hydrogen-bond acceptors (Lipinski definition) is 2.